The molecule has 1 rings (SSSR count). The highest BCUT2D eigenvalue weighted by Crippen LogP contribution is 2.02. The lowest BCUT2D eigenvalue weighted by Gasteiger charge is -2.02. The van der Waals surface area contributed by atoms with E-state index in [1.165, 1.54) is 11.6 Å². The van der Waals surface area contributed by atoms with Gasteiger partial charge >= 0.3 is 5.97 Å². The zero-order valence-corrected chi connectivity index (χ0v) is 8.98. The Morgan fingerprint density at radius 3 is 2.73 bits per heavy atom. The zero-order chi connectivity index (χ0) is 10.9. The molecule has 0 heterocycles. The van der Waals surface area contributed by atoms with Crippen LogP contribution in [0.15, 0.2) is 42.5 Å². The molecular weight excluding hydrogens is 188 g/mol. The Hall–Kier alpha value is -1.57. The minimum atomic E-state index is -0.259. The molecule has 0 saturated carbocycles. The first-order valence-corrected chi connectivity index (χ1v) is 5.16. The first kappa shape index (κ1) is 11.5. The van der Waals surface area contributed by atoms with Gasteiger partial charge in [0.1, 0.15) is 0 Å². The molecule has 0 amide bonds. The molecule has 2 heteroatoms. The van der Waals surface area contributed by atoms with Gasteiger partial charge < -0.3 is 4.74 Å². The van der Waals surface area contributed by atoms with E-state index in [2.05, 4.69) is 12.1 Å². The van der Waals surface area contributed by atoms with Crippen molar-refractivity contribution in [1.29, 1.82) is 0 Å². The molecular formula is C13H16O2. The van der Waals surface area contributed by atoms with Gasteiger partial charge in [-0.1, -0.05) is 36.4 Å². The molecule has 80 valence electrons. The molecule has 0 saturated heterocycles. The summed E-state index contributed by atoms with van der Waals surface area (Å²) in [6.07, 6.45) is 4.93. The summed E-state index contributed by atoms with van der Waals surface area (Å²) in [5, 5.41) is 0. The summed E-state index contributed by atoms with van der Waals surface area (Å²) < 4.78 is 4.98. The number of carbonyl (C=O) groups excluding carboxylic acids is 1. The van der Waals surface area contributed by atoms with E-state index in [1.807, 2.05) is 18.2 Å². The molecule has 0 atom stereocenters. The second kappa shape index (κ2) is 6.82. The minimum absolute atomic E-state index is 0.259. The summed E-state index contributed by atoms with van der Waals surface area (Å²) >= 11 is 0. The standard InChI is InChI=1S/C13H16O2/c1-2-7-13(14)15-11-6-10-12-8-4-3-5-9-12/h2-5,7-9H,6,10-11H2,1H3/b7-2+. The normalized spacial score (nSPS) is 10.5. The molecule has 2 nitrogen and oxygen atoms in total. The van der Waals surface area contributed by atoms with Crippen LogP contribution in [0.1, 0.15) is 18.9 Å². The lowest BCUT2D eigenvalue weighted by molar-refractivity contribution is -0.137. The number of hydrogen-bond acceptors (Lipinski definition) is 2. The summed E-state index contributed by atoms with van der Waals surface area (Å²) in [5.41, 5.74) is 1.28. The van der Waals surface area contributed by atoms with Crippen LogP contribution in [-0.2, 0) is 16.0 Å². The van der Waals surface area contributed by atoms with Gasteiger partial charge in [-0.15, -0.1) is 0 Å². The average Bonchev–Trinajstić information content (AvgIpc) is 2.26. The van der Waals surface area contributed by atoms with Crippen LogP contribution in [0.3, 0.4) is 0 Å². The third-order valence-corrected chi connectivity index (χ3v) is 2.00. The molecule has 0 N–H and O–H groups in total. The van der Waals surface area contributed by atoms with E-state index in [9.17, 15) is 4.79 Å². The fourth-order valence-corrected chi connectivity index (χ4v) is 1.28. The van der Waals surface area contributed by atoms with E-state index in [0.717, 1.165) is 12.8 Å². The van der Waals surface area contributed by atoms with E-state index in [1.54, 1.807) is 13.0 Å². The maximum Gasteiger partial charge on any atom is 0.330 e. The smallest absolute Gasteiger partial charge is 0.330 e. The molecule has 15 heavy (non-hydrogen) atoms. The van der Waals surface area contributed by atoms with E-state index < -0.39 is 0 Å². The van der Waals surface area contributed by atoms with E-state index in [0.29, 0.717) is 6.61 Å². The first-order valence-electron chi connectivity index (χ1n) is 5.16. The fourth-order valence-electron chi connectivity index (χ4n) is 1.28. The molecule has 0 spiro atoms. The summed E-state index contributed by atoms with van der Waals surface area (Å²) in [6.45, 7) is 2.28. The van der Waals surface area contributed by atoms with Crippen molar-refractivity contribution in [3.05, 3.63) is 48.0 Å². The van der Waals surface area contributed by atoms with Gasteiger partial charge in [0, 0.05) is 6.08 Å². The average molecular weight is 204 g/mol. The van der Waals surface area contributed by atoms with Crippen LogP contribution in [0.2, 0.25) is 0 Å². The van der Waals surface area contributed by atoms with Gasteiger partial charge in [0.15, 0.2) is 0 Å². The molecule has 0 fully saturated rings. The summed E-state index contributed by atoms with van der Waals surface area (Å²) in [4.78, 5) is 10.9. The lowest BCUT2D eigenvalue weighted by atomic mass is 10.1. The van der Waals surface area contributed by atoms with Crippen molar-refractivity contribution in [2.75, 3.05) is 6.61 Å². The van der Waals surface area contributed by atoms with E-state index in [4.69, 9.17) is 4.74 Å². The highest BCUT2D eigenvalue weighted by molar-refractivity contribution is 5.81. The molecule has 0 bridgehead atoms. The zero-order valence-electron chi connectivity index (χ0n) is 8.98. The number of rotatable bonds is 5. The van der Waals surface area contributed by atoms with Crippen LogP contribution >= 0.6 is 0 Å². The van der Waals surface area contributed by atoms with Gasteiger partial charge in [-0.25, -0.2) is 4.79 Å². The van der Waals surface area contributed by atoms with Gasteiger partial charge in [0.2, 0.25) is 0 Å². The topological polar surface area (TPSA) is 26.3 Å². The Kier molecular flexibility index (Phi) is 5.23. The summed E-state index contributed by atoms with van der Waals surface area (Å²) in [7, 11) is 0. The van der Waals surface area contributed by atoms with Crippen LogP contribution in [-0.4, -0.2) is 12.6 Å². The number of allylic oxidation sites excluding steroid dienone is 1. The Bertz CT molecular complexity index is 315. The van der Waals surface area contributed by atoms with E-state index >= 15 is 0 Å². The molecule has 0 aliphatic rings. The van der Waals surface area contributed by atoms with Gasteiger partial charge in [-0.3, -0.25) is 0 Å². The fraction of sp³-hybridized carbons (Fsp3) is 0.308. The van der Waals surface area contributed by atoms with Gasteiger partial charge in [0.25, 0.3) is 0 Å². The quantitative estimate of drug-likeness (QED) is 0.419. The Morgan fingerprint density at radius 2 is 2.07 bits per heavy atom. The van der Waals surface area contributed by atoms with Crippen LogP contribution in [0.4, 0.5) is 0 Å². The predicted octanol–water partition coefficient (Wildman–Crippen LogP) is 2.74. The SMILES string of the molecule is C/C=C/C(=O)OCCCc1ccccc1. The number of hydrogen-bond donors (Lipinski definition) is 0. The molecule has 1 aromatic rings. The van der Waals surface area contributed by atoms with E-state index in [-0.39, 0.29) is 5.97 Å². The third kappa shape index (κ3) is 5.01. The van der Waals surface area contributed by atoms with Crippen molar-refractivity contribution in [2.45, 2.75) is 19.8 Å². The second-order valence-corrected chi connectivity index (χ2v) is 3.26. The van der Waals surface area contributed by atoms with Gasteiger partial charge in [0.05, 0.1) is 6.61 Å². The number of carbonyl (C=O) groups is 1. The molecule has 0 unspecified atom stereocenters. The van der Waals surface area contributed by atoms with Crippen molar-refractivity contribution in [2.24, 2.45) is 0 Å². The van der Waals surface area contributed by atoms with Crippen LogP contribution in [0.25, 0.3) is 0 Å². The second-order valence-electron chi connectivity index (χ2n) is 3.26. The maximum atomic E-state index is 10.9. The van der Waals surface area contributed by atoms with Gasteiger partial charge in [-0.05, 0) is 25.3 Å². The molecule has 0 aliphatic heterocycles. The van der Waals surface area contributed by atoms with Gasteiger partial charge in [-0.2, -0.15) is 0 Å². The molecule has 0 aliphatic carbocycles. The highest BCUT2D eigenvalue weighted by atomic mass is 16.5. The monoisotopic (exact) mass is 204 g/mol. The number of ether oxygens (including phenoxy) is 1. The Balaban J connectivity index is 2.15. The van der Waals surface area contributed by atoms with Crippen LogP contribution in [0.5, 0.6) is 0 Å². The predicted molar refractivity (Wildman–Crippen MR) is 60.5 cm³/mol. The lowest BCUT2D eigenvalue weighted by Crippen LogP contribution is -2.03. The maximum absolute atomic E-state index is 10.9. The third-order valence-electron chi connectivity index (χ3n) is 2.00. The molecule has 1 aromatic carbocycles. The Morgan fingerprint density at radius 1 is 1.33 bits per heavy atom. The Labute approximate surface area is 90.6 Å². The highest BCUT2D eigenvalue weighted by Gasteiger charge is 1.96. The van der Waals surface area contributed by atoms with Crippen molar-refractivity contribution in [1.82, 2.24) is 0 Å². The number of aryl methyl sites for hydroxylation is 1. The molecule has 0 aromatic heterocycles. The number of esters is 1. The number of benzene rings is 1. The van der Waals surface area contributed by atoms with Crippen molar-refractivity contribution < 1.29 is 9.53 Å². The first-order chi connectivity index (χ1) is 7.33. The van der Waals surface area contributed by atoms with Crippen LogP contribution in [0, 0.1) is 0 Å². The van der Waals surface area contributed by atoms with Crippen molar-refractivity contribution >= 4 is 5.97 Å². The summed E-state index contributed by atoms with van der Waals surface area (Å²) in [6, 6.07) is 10.2. The summed E-state index contributed by atoms with van der Waals surface area (Å²) in [5.74, 6) is -0.259. The van der Waals surface area contributed by atoms with Crippen molar-refractivity contribution in [3.8, 4) is 0 Å². The minimum Gasteiger partial charge on any atom is -0.463 e. The van der Waals surface area contributed by atoms with Crippen molar-refractivity contribution in [3.63, 3.8) is 0 Å². The largest absolute Gasteiger partial charge is 0.463 e. The van der Waals surface area contributed by atoms with Crippen LogP contribution < -0.4 is 0 Å². The molecule has 0 radical (unpaired) electrons.